The molecule has 2 aromatic rings. The summed E-state index contributed by atoms with van der Waals surface area (Å²) < 4.78 is 6.03. The van der Waals surface area contributed by atoms with Crippen LogP contribution in [-0.2, 0) is 17.9 Å². The van der Waals surface area contributed by atoms with Crippen molar-refractivity contribution in [3.8, 4) is 5.75 Å². The predicted octanol–water partition coefficient (Wildman–Crippen LogP) is 4.84. The number of hydrogen-bond acceptors (Lipinski definition) is 4. The fourth-order valence-corrected chi connectivity index (χ4v) is 4.52. The van der Waals surface area contributed by atoms with Gasteiger partial charge in [-0.25, -0.2) is 0 Å². The second-order valence-corrected chi connectivity index (χ2v) is 8.82. The molecule has 0 spiro atoms. The van der Waals surface area contributed by atoms with Gasteiger partial charge in [0.15, 0.2) is 0 Å². The zero-order valence-electron chi connectivity index (χ0n) is 17.0. The first kappa shape index (κ1) is 20.9. The lowest BCUT2D eigenvalue weighted by molar-refractivity contribution is -0.122. The molecule has 0 saturated heterocycles. The molecule has 0 bridgehead atoms. The lowest BCUT2D eigenvalue weighted by Gasteiger charge is -2.19. The van der Waals surface area contributed by atoms with Crippen molar-refractivity contribution in [2.24, 2.45) is 5.92 Å². The van der Waals surface area contributed by atoms with Crippen molar-refractivity contribution in [2.45, 2.75) is 58.2 Å². The number of ether oxygens (including phenoxy) is 1. The number of rotatable bonds is 10. The molecule has 152 valence electrons. The largest absolute Gasteiger partial charge is 0.489 e. The van der Waals surface area contributed by atoms with Gasteiger partial charge in [-0.05, 0) is 72.8 Å². The van der Waals surface area contributed by atoms with E-state index in [-0.39, 0.29) is 12.0 Å². The molecule has 1 heterocycles. The molecule has 1 unspecified atom stereocenters. The molecule has 1 fully saturated rings. The molecule has 5 heteroatoms. The van der Waals surface area contributed by atoms with Crippen LogP contribution in [0.2, 0.25) is 0 Å². The molecule has 0 radical (unpaired) electrons. The van der Waals surface area contributed by atoms with E-state index in [0.717, 1.165) is 18.8 Å². The highest BCUT2D eigenvalue weighted by Gasteiger charge is 2.18. The predicted molar refractivity (Wildman–Crippen MR) is 116 cm³/mol. The second-order valence-electron chi connectivity index (χ2n) is 8.04. The summed E-state index contributed by atoms with van der Waals surface area (Å²) in [5.74, 6) is 1.60. The smallest absolute Gasteiger partial charge is 0.220 e. The van der Waals surface area contributed by atoms with Crippen molar-refractivity contribution >= 4 is 17.2 Å². The van der Waals surface area contributed by atoms with Crippen LogP contribution < -0.4 is 10.1 Å². The van der Waals surface area contributed by atoms with E-state index in [1.807, 2.05) is 19.1 Å². The fourth-order valence-electron chi connectivity index (χ4n) is 3.86. The van der Waals surface area contributed by atoms with E-state index in [9.17, 15) is 4.79 Å². The highest BCUT2D eigenvalue weighted by atomic mass is 32.1. The first-order valence-corrected chi connectivity index (χ1v) is 11.2. The Hall–Kier alpha value is -1.85. The van der Waals surface area contributed by atoms with Crippen LogP contribution in [0.4, 0.5) is 0 Å². The van der Waals surface area contributed by atoms with E-state index in [2.05, 4.69) is 46.2 Å². The van der Waals surface area contributed by atoms with Gasteiger partial charge in [0.2, 0.25) is 5.91 Å². The van der Waals surface area contributed by atoms with Crippen molar-refractivity contribution in [1.29, 1.82) is 0 Å². The summed E-state index contributed by atoms with van der Waals surface area (Å²) in [5, 5.41) is 7.34. The van der Waals surface area contributed by atoms with Gasteiger partial charge in [0, 0.05) is 19.5 Å². The van der Waals surface area contributed by atoms with Crippen LogP contribution in [-0.4, -0.2) is 30.5 Å². The highest BCUT2D eigenvalue weighted by Crippen LogP contribution is 2.27. The molecule has 28 heavy (non-hydrogen) atoms. The van der Waals surface area contributed by atoms with Gasteiger partial charge in [-0.1, -0.05) is 25.0 Å². The second kappa shape index (κ2) is 10.6. The van der Waals surface area contributed by atoms with E-state index in [1.54, 1.807) is 11.3 Å². The molecule has 1 aromatic carbocycles. The molecule has 1 aromatic heterocycles. The Bertz CT molecular complexity index is 726. The number of amides is 1. The Kier molecular flexibility index (Phi) is 7.92. The van der Waals surface area contributed by atoms with Gasteiger partial charge in [0.25, 0.3) is 0 Å². The maximum absolute atomic E-state index is 12.1. The molecule has 1 N–H and O–H groups in total. The first-order chi connectivity index (χ1) is 13.6. The van der Waals surface area contributed by atoms with E-state index in [0.29, 0.717) is 18.9 Å². The summed E-state index contributed by atoms with van der Waals surface area (Å²) in [4.78, 5) is 14.4. The van der Waals surface area contributed by atoms with Crippen LogP contribution in [0.5, 0.6) is 5.75 Å². The van der Waals surface area contributed by atoms with Gasteiger partial charge < -0.3 is 10.1 Å². The monoisotopic (exact) mass is 400 g/mol. The first-order valence-electron chi connectivity index (χ1n) is 10.3. The average molecular weight is 401 g/mol. The summed E-state index contributed by atoms with van der Waals surface area (Å²) in [6.07, 6.45) is 5.57. The van der Waals surface area contributed by atoms with Crippen LogP contribution in [0.15, 0.2) is 41.1 Å². The van der Waals surface area contributed by atoms with Gasteiger partial charge in [0.05, 0.1) is 6.54 Å². The summed E-state index contributed by atoms with van der Waals surface area (Å²) in [5.41, 5.74) is 2.58. The van der Waals surface area contributed by atoms with Crippen molar-refractivity contribution in [3.05, 3.63) is 52.2 Å². The normalized spacial score (nSPS) is 15.7. The standard InChI is InChI=1S/C23H32N2O2S/c1-18(14-24-23(26)13-19-6-3-4-7-19)27-22-9-5-8-20(12-22)15-25(2)16-21-10-11-28-17-21/h5,8-12,17-19H,3-4,6-7,13-16H2,1-2H3,(H,24,26). The van der Waals surface area contributed by atoms with E-state index < -0.39 is 0 Å². The van der Waals surface area contributed by atoms with Crippen molar-refractivity contribution in [3.63, 3.8) is 0 Å². The molecular weight excluding hydrogens is 368 g/mol. The van der Waals surface area contributed by atoms with E-state index >= 15 is 0 Å². The molecule has 4 nitrogen and oxygen atoms in total. The number of hydrogen-bond donors (Lipinski definition) is 1. The Morgan fingerprint density at radius 2 is 2.04 bits per heavy atom. The Labute approximate surface area is 172 Å². The Morgan fingerprint density at radius 1 is 1.25 bits per heavy atom. The Morgan fingerprint density at radius 3 is 2.79 bits per heavy atom. The van der Waals surface area contributed by atoms with Gasteiger partial charge >= 0.3 is 0 Å². The zero-order chi connectivity index (χ0) is 19.8. The van der Waals surface area contributed by atoms with Crippen LogP contribution in [0.1, 0.15) is 50.2 Å². The van der Waals surface area contributed by atoms with Crippen LogP contribution >= 0.6 is 11.3 Å². The van der Waals surface area contributed by atoms with Crippen molar-refractivity contribution in [1.82, 2.24) is 10.2 Å². The summed E-state index contributed by atoms with van der Waals surface area (Å²) in [7, 11) is 2.13. The molecule has 1 atom stereocenters. The maximum Gasteiger partial charge on any atom is 0.220 e. The number of nitrogens with one attached hydrogen (secondary N) is 1. The maximum atomic E-state index is 12.1. The lowest BCUT2D eigenvalue weighted by atomic mass is 10.0. The number of carbonyl (C=O) groups excluding carboxylic acids is 1. The molecular formula is C23H32N2O2S. The molecule has 3 rings (SSSR count). The minimum Gasteiger partial charge on any atom is -0.489 e. The van der Waals surface area contributed by atoms with Gasteiger partial charge in [0.1, 0.15) is 11.9 Å². The lowest BCUT2D eigenvalue weighted by Crippen LogP contribution is -2.34. The number of benzene rings is 1. The molecule has 1 amide bonds. The van der Waals surface area contributed by atoms with Crippen LogP contribution in [0.3, 0.4) is 0 Å². The summed E-state index contributed by atoms with van der Waals surface area (Å²) >= 11 is 1.74. The number of carbonyl (C=O) groups is 1. The minimum atomic E-state index is -0.0497. The quantitative estimate of drug-likeness (QED) is 0.620. The Balaban J connectivity index is 1.42. The van der Waals surface area contributed by atoms with Gasteiger partial charge in [-0.3, -0.25) is 9.69 Å². The van der Waals surface area contributed by atoms with E-state index in [4.69, 9.17) is 4.74 Å². The fraction of sp³-hybridized carbons (Fsp3) is 0.522. The summed E-state index contributed by atoms with van der Waals surface area (Å²) in [6.45, 7) is 4.37. The van der Waals surface area contributed by atoms with Crippen LogP contribution in [0, 0.1) is 5.92 Å². The summed E-state index contributed by atoms with van der Waals surface area (Å²) in [6, 6.07) is 10.4. The molecule has 1 saturated carbocycles. The van der Waals surface area contributed by atoms with Gasteiger partial charge in [-0.15, -0.1) is 0 Å². The van der Waals surface area contributed by atoms with Crippen molar-refractivity contribution < 1.29 is 9.53 Å². The molecule has 1 aliphatic carbocycles. The van der Waals surface area contributed by atoms with Crippen molar-refractivity contribution in [2.75, 3.05) is 13.6 Å². The minimum absolute atomic E-state index is 0.0497. The third-order valence-corrected chi connectivity index (χ3v) is 5.99. The highest BCUT2D eigenvalue weighted by molar-refractivity contribution is 7.07. The van der Waals surface area contributed by atoms with E-state index in [1.165, 1.54) is 36.8 Å². The molecule has 1 aliphatic rings. The SMILES string of the molecule is CC(CNC(=O)CC1CCCC1)Oc1cccc(CN(C)Cc2ccsc2)c1. The van der Waals surface area contributed by atoms with Crippen LogP contribution in [0.25, 0.3) is 0 Å². The topological polar surface area (TPSA) is 41.6 Å². The third-order valence-electron chi connectivity index (χ3n) is 5.26. The number of thiophene rings is 1. The third kappa shape index (κ3) is 6.95. The molecule has 0 aliphatic heterocycles. The zero-order valence-corrected chi connectivity index (χ0v) is 17.8. The average Bonchev–Trinajstić information content (AvgIpc) is 3.34. The van der Waals surface area contributed by atoms with Gasteiger partial charge in [-0.2, -0.15) is 11.3 Å². The number of nitrogens with zero attached hydrogens (tertiary/aromatic N) is 1.